The third kappa shape index (κ3) is 2.18. The maximum atomic E-state index is 5.65. The average Bonchev–Trinajstić information content (AvgIpc) is 2.57. The minimum Gasteiger partial charge on any atom is -0.441 e. The third-order valence-electron chi connectivity index (χ3n) is 2.32. The Labute approximate surface area is 89.3 Å². The zero-order valence-electron chi connectivity index (χ0n) is 9.16. The summed E-state index contributed by atoms with van der Waals surface area (Å²) in [7, 11) is 0. The molecule has 2 rings (SSSR count). The van der Waals surface area contributed by atoms with Crippen LogP contribution in [0, 0.1) is 5.92 Å². The van der Waals surface area contributed by atoms with E-state index in [1.807, 2.05) is 18.2 Å². The molecular weight excluding hydrogens is 188 g/mol. The van der Waals surface area contributed by atoms with Gasteiger partial charge < -0.3 is 10.2 Å². The maximum Gasteiger partial charge on any atom is 0.195 e. The van der Waals surface area contributed by atoms with Gasteiger partial charge in [-0.15, -0.1) is 0 Å². The molecule has 0 aliphatic carbocycles. The van der Waals surface area contributed by atoms with Crippen LogP contribution in [0.4, 0.5) is 0 Å². The summed E-state index contributed by atoms with van der Waals surface area (Å²) in [6.07, 6.45) is 0.882. The molecule has 0 unspecified atom stereocenters. The van der Waals surface area contributed by atoms with Crippen molar-refractivity contribution >= 4 is 11.1 Å². The van der Waals surface area contributed by atoms with Crippen LogP contribution in [0.15, 0.2) is 22.6 Å². The van der Waals surface area contributed by atoms with Gasteiger partial charge in [0.1, 0.15) is 5.52 Å². The van der Waals surface area contributed by atoms with Gasteiger partial charge in [-0.1, -0.05) is 19.9 Å². The first-order valence-electron chi connectivity index (χ1n) is 5.27. The average molecular weight is 204 g/mol. The van der Waals surface area contributed by atoms with Gasteiger partial charge in [-0.2, -0.15) is 0 Å². The Morgan fingerprint density at radius 2 is 2.20 bits per heavy atom. The van der Waals surface area contributed by atoms with Crippen LogP contribution in [-0.4, -0.2) is 4.98 Å². The third-order valence-corrected chi connectivity index (χ3v) is 2.32. The van der Waals surface area contributed by atoms with E-state index in [0.717, 1.165) is 29.0 Å². The molecule has 2 aromatic rings. The number of aromatic nitrogens is 1. The highest BCUT2D eigenvalue weighted by molar-refractivity contribution is 5.73. The Balaban J connectivity index is 2.37. The zero-order valence-corrected chi connectivity index (χ0v) is 9.16. The van der Waals surface area contributed by atoms with Crippen molar-refractivity contribution in [2.24, 2.45) is 11.7 Å². The van der Waals surface area contributed by atoms with Crippen molar-refractivity contribution in [2.75, 3.05) is 0 Å². The van der Waals surface area contributed by atoms with E-state index in [0.29, 0.717) is 12.5 Å². The molecule has 0 saturated carbocycles. The molecule has 15 heavy (non-hydrogen) atoms. The Morgan fingerprint density at radius 1 is 1.40 bits per heavy atom. The predicted molar refractivity (Wildman–Crippen MR) is 60.4 cm³/mol. The van der Waals surface area contributed by atoms with Crippen LogP contribution in [0.3, 0.4) is 0 Å². The van der Waals surface area contributed by atoms with Gasteiger partial charge in [0, 0.05) is 13.0 Å². The SMILES string of the molecule is CC(C)Cc1nc2ccc(CN)cc2o1. The Bertz CT molecular complexity index is 460. The fourth-order valence-electron chi connectivity index (χ4n) is 1.58. The van der Waals surface area contributed by atoms with Gasteiger partial charge in [-0.05, 0) is 23.6 Å². The van der Waals surface area contributed by atoms with E-state index in [1.165, 1.54) is 0 Å². The van der Waals surface area contributed by atoms with E-state index in [-0.39, 0.29) is 0 Å². The summed E-state index contributed by atoms with van der Waals surface area (Å²) >= 11 is 0. The number of oxazole rings is 1. The van der Waals surface area contributed by atoms with Crippen LogP contribution >= 0.6 is 0 Å². The quantitative estimate of drug-likeness (QED) is 0.835. The highest BCUT2D eigenvalue weighted by Gasteiger charge is 2.07. The van der Waals surface area contributed by atoms with Gasteiger partial charge in [-0.25, -0.2) is 4.98 Å². The van der Waals surface area contributed by atoms with Crippen LogP contribution in [-0.2, 0) is 13.0 Å². The highest BCUT2D eigenvalue weighted by atomic mass is 16.3. The van der Waals surface area contributed by atoms with Gasteiger partial charge in [0.05, 0.1) is 0 Å². The van der Waals surface area contributed by atoms with Crippen molar-refractivity contribution in [1.82, 2.24) is 4.98 Å². The molecule has 2 N–H and O–H groups in total. The standard InChI is InChI=1S/C12H16N2O/c1-8(2)5-12-14-10-4-3-9(7-13)6-11(10)15-12/h3-4,6,8H,5,7,13H2,1-2H3. The first-order chi connectivity index (χ1) is 7.19. The number of hydrogen-bond acceptors (Lipinski definition) is 3. The van der Waals surface area contributed by atoms with Crippen LogP contribution in [0.25, 0.3) is 11.1 Å². The van der Waals surface area contributed by atoms with E-state index >= 15 is 0 Å². The van der Waals surface area contributed by atoms with E-state index in [9.17, 15) is 0 Å². The molecular formula is C12H16N2O. The molecule has 0 amide bonds. The van der Waals surface area contributed by atoms with Gasteiger partial charge in [0.2, 0.25) is 0 Å². The van der Waals surface area contributed by atoms with Crippen LogP contribution in [0.5, 0.6) is 0 Å². The Hall–Kier alpha value is -1.35. The number of fused-ring (bicyclic) bond motifs is 1. The number of nitrogens with zero attached hydrogens (tertiary/aromatic N) is 1. The maximum absolute atomic E-state index is 5.65. The lowest BCUT2D eigenvalue weighted by Gasteiger charge is -1.97. The van der Waals surface area contributed by atoms with Crippen LogP contribution in [0.2, 0.25) is 0 Å². The number of nitrogens with two attached hydrogens (primary N) is 1. The highest BCUT2D eigenvalue weighted by Crippen LogP contribution is 2.18. The molecule has 1 heterocycles. The smallest absolute Gasteiger partial charge is 0.195 e. The summed E-state index contributed by atoms with van der Waals surface area (Å²) in [6, 6.07) is 5.92. The number of rotatable bonds is 3. The molecule has 0 radical (unpaired) electrons. The van der Waals surface area contributed by atoms with Gasteiger partial charge >= 0.3 is 0 Å². The molecule has 0 aliphatic rings. The summed E-state index contributed by atoms with van der Waals surface area (Å²) in [4.78, 5) is 4.42. The second-order valence-corrected chi connectivity index (χ2v) is 4.21. The molecule has 0 fully saturated rings. The Kier molecular flexibility index (Phi) is 2.73. The van der Waals surface area contributed by atoms with E-state index in [2.05, 4.69) is 18.8 Å². The molecule has 0 atom stereocenters. The monoisotopic (exact) mass is 204 g/mol. The fraction of sp³-hybridized carbons (Fsp3) is 0.417. The molecule has 1 aromatic heterocycles. The summed E-state index contributed by atoms with van der Waals surface area (Å²) in [6.45, 7) is 4.84. The lowest BCUT2D eigenvalue weighted by molar-refractivity contribution is 0.482. The number of hydrogen-bond donors (Lipinski definition) is 1. The van der Waals surface area contributed by atoms with Gasteiger partial charge in [0.25, 0.3) is 0 Å². The molecule has 1 aromatic carbocycles. The van der Waals surface area contributed by atoms with E-state index in [4.69, 9.17) is 10.2 Å². The Morgan fingerprint density at radius 3 is 2.87 bits per heavy atom. The minimum atomic E-state index is 0.538. The van der Waals surface area contributed by atoms with Crippen molar-refractivity contribution < 1.29 is 4.42 Å². The largest absolute Gasteiger partial charge is 0.441 e. The normalized spacial score (nSPS) is 11.5. The van der Waals surface area contributed by atoms with Gasteiger partial charge in [0.15, 0.2) is 11.5 Å². The summed E-state index contributed by atoms with van der Waals surface area (Å²) in [5.41, 5.74) is 8.41. The molecule has 0 saturated heterocycles. The van der Waals surface area contributed by atoms with Crippen molar-refractivity contribution in [3.63, 3.8) is 0 Å². The number of benzene rings is 1. The lowest BCUT2D eigenvalue weighted by atomic mass is 10.1. The molecule has 0 spiro atoms. The second kappa shape index (κ2) is 4.03. The van der Waals surface area contributed by atoms with Crippen LogP contribution in [0.1, 0.15) is 25.3 Å². The molecule has 3 heteroatoms. The molecule has 0 bridgehead atoms. The molecule has 0 aliphatic heterocycles. The predicted octanol–water partition coefficient (Wildman–Crippen LogP) is 2.49. The van der Waals surface area contributed by atoms with E-state index < -0.39 is 0 Å². The van der Waals surface area contributed by atoms with Crippen molar-refractivity contribution in [1.29, 1.82) is 0 Å². The van der Waals surface area contributed by atoms with Crippen molar-refractivity contribution in [3.8, 4) is 0 Å². The van der Waals surface area contributed by atoms with Crippen LogP contribution < -0.4 is 5.73 Å². The van der Waals surface area contributed by atoms with Crippen molar-refractivity contribution in [3.05, 3.63) is 29.7 Å². The first kappa shape index (κ1) is 10.2. The second-order valence-electron chi connectivity index (χ2n) is 4.21. The van der Waals surface area contributed by atoms with Gasteiger partial charge in [-0.3, -0.25) is 0 Å². The van der Waals surface area contributed by atoms with E-state index in [1.54, 1.807) is 0 Å². The molecule has 3 nitrogen and oxygen atoms in total. The summed E-state index contributed by atoms with van der Waals surface area (Å²) in [5, 5.41) is 0. The lowest BCUT2D eigenvalue weighted by Crippen LogP contribution is -1.94. The first-order valence-corrected chi connectivity index (χ1v) is 5.27. The minimum absolute atomic E-state index is 0.538. The zero-order chi connectivity index (χ0) is 10.8. The summed E-state index contributed by atoms with van der Waals surface area (Å²) < 4.78 is 5.65. The van der Waals surface area contributed by atoms with Crippen molar-refractivity contribution in [2.45, 2.75) is 26.8 Å². The topological polar surface area (TPSA) is 52.0 Å². The fourth-order valence-corrected chi connectivity index (χ4v) is 1.58. The summed E-state index contributed by atoms with van der Waals surface area (Å²) in [5.74, 6) is 1.38. The molecule has 80 valence electrons.